The Labute approximate surface area is 162 Å². The predicted octanol–water partition coefficient (Wildman–Crippen LogP) is 4.03. The van der Waals surface area contributed by atoms with E-state index in [2.05, 4.69) is 21.1 Å². The SMILES string of the molecule is Cc1ccc(C2C(C#N)C(c3ncccn3)=NN2Cc2ccccc2F)cc1. The average molecular weight is 371 g/mol. The van der Waals surface area contributed by atoms with Crippen molar-refractivity contribution in [1.29, 1.82) is 5.26 Å². The Kier molecular flexibility index (Phi) is 4.81. The Morgan fingerprint density at radius 1 is 1.04 bits per heavy atom. The molecule has 0 N–H and O–H groups in total. The summed E-state index contributed by atoms with van der Waals surface area (Å²) in [7, 11) is 0. The predicted molar refractivity (Wildman–Crippen MR) is 104 cm³/mol. The van der Waals surface area contributed by atoms with Crippen LogP contribution in [0.4, 0.5) is 4.39 Å². The molecular weight excluding hydrogens is 353 g/mol. The Balaban J connectivity index is 1.78. The maximum Gasteiger partial charge on any atom is 0.177 e. The van der Waals surface area contributed by atoms with Crippen LogP contribution in [-0.2, 0) is 6.54 Å². The normalized spacial score (nSPS) is 18.6. The highest BCUT2D eigenvalue weighted by Crippen LogP contribution is 2.38. The topological polar surface area (TPSA) is 65.2 Å². The Bertz CT molecular complexity index is 1040. The van der Waals surface area contributed by atoms with Crippen molar-refractivity contribution in [2.45, 2.75) is 19.5 Å². The van der Waals surface area contributed by atoms with Crippen LogP contribution in [0.2, 0.25) is 0 Å². The smallest absolute Gasteiger partial charge is 0.177 e. The molecule has 2 atom stereocenters. The van der Waals surface area contributed by atoms with Crippen molar-refractivity contribution in [3.63, 3.8) is 0 Å². The monoisotopic (exact) mass is 371 g/mol. The summed E-state index contributed by atoms with van der Waals surface area (Å²) >= 11 is 0. The minimum Gasteiger partial charge on any atom is -0.283 e. The summed E-state index contributed by atoms with van der Waals surface area (Å²) in [5, 5.41) is 16.4. The lowest BCUT2D eigenvalue weighted by molar-refractivity contribution is 0.205. The number of hydrogen-bond donors (Lipinski definition) is 0. The number of hydrogen-bond acceptors (Lipinski definition) is 5. The molecule has 0 bridgehead atoms. The number of halogens is 1. The van der Waals surface area contributed by atoms with Gasteiger partial charge in [-0.15, -0.1) is 0 Å². The van der Waals surface area contributed by atoms with Crippen molar-refractivity contribution in [3.8, 4) is 6.07 Å². The number of hydrazone groups is 1. The van der Waals surface area contributed by atoms with E-state index in [-0.39, 0.29) is 18.4 Å². The third kappa shape index (κ3) is 3.35. The first-order valence-electron chi connectivity index (χ1n) is 8.99. The summed E-state index contributed by atoms with van der Waals surface area (Å²) in [5.74, 6) is -0.433. The van der Waals surface area contributed by atoms with Crippen LogP contribution in [0, 0.1) is 30.0 Å². The quantitative estimate of drug-likeness (QED) is 0.695. The Morgan fingerprint density at radius 3 is 2.43 bits per heavy atom. The van der Waals surface area contributed by atoms with Crippen molar-refractivity contribution in [3.05, 3.63) is 95.3 Å². The van der Waals surface area contributed by atoms with Crippen LogP contribution in [0.3, 0.4) is 0 Å². The first kappa shape index (κ1) is 17.8. The molecule has 1 aromatic heterocycles. The van der Waals surface area contributed by atoms with Gasteiger partial charge in [0, 0.05) is 18.0 Å². The molecule has 5 nitrogen and oxygen atoms in total. The fraction of sp³-hybridized carbons (Fsp3) is 0.182. The number of aryl methyl sites for hydroxylation is 1. The molecule has 138 valence electrons. The van der Waals surface area contributed by atoms with Gasteiger partial charge in [0.05, 0.1) is 18.7 Å². The van der Waals surface area contributed by atoms with Gasteiger partial charge in [-0.2, -0.15) is 10.4 Å². The molecule has 1 aliphatic heterocycles. The van der Waals surface area contributed by atoms with Crippen LogP contribution in [0.25, 0.3) is 0 Å². The molecule has 4 rings (SSSR count). The van der Waals surface area contributed by atoms with Gasteiger partial charge in [0.1, 0.15) is 17.4 Å². The molecular formula is C22H18FN5. The summed E-state index contributed by atoms with van der Waals surface area (Å²) in [6.07, 6.45) is 3.25. The van der Waals surface area contributed by atoms with E-state index in [0.29, 0.717) is 17.1 Å². The van der Waals surface area contributed by atoms with E-state index in [1.54, 1.807) is 41.7 Å². The molecule has 2 unspecified atom stereocenters. The molecule has 0 saturated carbocycles. The number of nitrogens with zero attached hydrogens (tertiary/aromatic N) is 5. The van der Waals surface area contributed by atoms with Gasteiger partial charge in [0.15, 0.2) is 5.82 Å². The van der Waals surface area contributed by atoms with E-state index in [1.807, 2.05) is 31.2 Å². The van der Waals surface area contributed by atoms with E-state index in [1.165, 1.54) is 6.07 Å². The van der Waals surface area contributed by atoms with Gasteiger partial charge in [0.2, 0.25) is 0 Å². The lowest BCUT2D eigenvalue weighted by atomic mass is 9.90. The minimum absolute atomic E-state index is 0.250. The van der Waals surface area contributed by atoms with Crippen molar-refractivity contribution in [2.75, 3.05) is 0 Å². The van der Waals surface area contributed by atoms with Gasteiger partial charge in [-0.1, -0.05) is 48.0 Å². The fourth-order valence-electron chi connectivity index (χ4n) is 3.39. The van der Waals surface area contributed by atoms with Crippen LogP contribution in [0.1, 0.15) is 28.6 Å². The first-order valence-corrected chi connectivity index (χ1v) is 8.99. The average Bonchev–Trinajstić information content (AvgIpc) is 3.09. The highest BCUT2D eigenvalue weighted by molar-refractivity contribution is 6.02. The molecule has 1 aliphatic rings. The zero-order chi connectivity index (χ0) is 19.5. The van der Waals surface area contributed by atoms with Crippen molar-refractivity contribution >= 4 is 5.71 Å². The van der Waals surface area contributed by atoms with Crippen LogP contribution < -0.4 is 0 Å². The standard InChI is InChI=1S/C22H18FN5/c1-15-7-9-16(10-8-15)21-18(13-24)20(22-25-11-4-12-26-22)27-28(21)14-17-5-2-3-6-19(17)23/h2-12,18,21H,14H2,1H3. The zero-order valence-corrected chi connectivity index (χ0v) is 15.3. The van der Waals surface area contributed by atoms with Crippen LogP contribution in [0.5, 0.6) is 0 Å². The molecule has 6 heteroatoms. The molecule has 3 aromatic rings. The van der Waals surface area contributed by atoms with Gasteiger partial charge in [0.25, 0.3) is 0 Å². The second-order valence-corrected chi connectivity index (χ2v) is 6.71. The van der Waals surface area contributed by atoms with Gasteiger partial charge >= 0.3 is 0 Å². The molecule has 2 heterocycles. The highest BCUT2D eigenvalue weighted by atomic mass is 19.1. The van der Waals surface area contributed by atoms with E-state index < -0.39 is 5.92 Å². The number of nitriles is 1. The molecule has 28 heavy (non-hydrogen) atoms. The lowest BCUT2D eigenvalue weighted by Gasteiger charge is -2.26. The first-order chi connectivity index (χ1) is 13.7. The maximum atomic E-state index is 14.3. The highest BCUT2D eigenvalue weighted by Gasteiger charge is 2.40. The van der Waals surface area contributed by atoms with Gasteiger partial charge in [-0.05, 0) is 24.6 Å². The summed E-state index contributed by atoms with van der Waals surface area (Å²) < 4.78 is 14.3. The fourth-order valence-corrected chi connectivity index (χ4v) is 3.39. The van der Waals surface area contributed by atoms with Crippen molar-refractivity contribution in [2.24, 2.45) is 11.0 Å². The molecule has 0 radical (unpaired) electrons. The van der Waals surface area contributed by atoms with Gasteiger partial charge < -0.3 is 0 Å². The van der Waals surface area contributed by atoms with Crippen molar-refractivity contribution < 1.29 is 4.39 Å². The van der Waals surface area contributed by atoms with Crippen molar-refractivity contribution in [1.82, 2.24) is 15.0 Å². The third-order valence-electron chi connectivity index (χ3n) is 4.81. The van der Waals surface area contributed by atoms with Gasteiger partial charge in [-0.25, -0.2) is 14.4 Å². The van der Waals surface area contributed by atoms with Crippen LogP contribution in [0.15, 0.2) is 72.1 Å². The van der Waals surface area contributed by atoms with E-state index >= 15 is 0 Å². The second kappa shape index (κ2) is 7.57. The van der Waals surface area contributed by atoms with E-state index in [9.17, 15) is 9.65 Å². The summed E-state index contributed by atoms with van der Waals surface area (Å²) in [5.41, 5.74) is 3.10. The van der Waals surface area contributed by atoms with Crippen LogP contribution in [-0.4, -0.2) is 20.7 Å². The van der Waals surface area contributed by atoms with Crippen LogP contribution >= 0.6 is 0 Å². The Morgan fingerprint density at radius 2 is 1.75 bits per heavy atom. The third-order valence-corrected chi connectivity index (χ3v) is 4.81. The largest absolute Gasteiger partial charge is 0.283 e. The zero-order valence-electron chi connectivity index (χ0n) is 15.3. The number of benzene rings is 2. The van der Waals surface area contributed by atoms with E-state index in [4.69, 9.17) is 0 Å². The summed E-state index contributed by atoms with van der Waals surface area (Å²) in [6, 6.07) is 18.3. The number of aromatic nitrogens is 2. The Hall–Kier alpha value is -3.59. The maximum absolute atomic E-state index is 14.3. The molecule has 0 aliphatic carbocycles. The summed E-state index contributed by atoms with van der Waals surface area (Å²) in [4.78, 5) is 8.53. The molecule has 0 fully saturated rings. The minimum atomic E-state index is -0.558. The van der Waals surface area contributed by atoms with Gasteiger partial charge in [-0.3, -0.25) is 5.01 Å². The van der Waals surface area contributed by atoms with E-state index in [0.717, 1.165) is 11.1 Å². The molecule has 0 amide bonds. The number of rotatable bonds is 4. The lowest BCUT2D eigenvalue weighted by Crippen LogP contribution is -2.25. The summed E-state index contributed by atoms with van der Waals surface area (Å²) in [6.45, 7) is 2.26. The molecule has 0 spiro atoms. The second-order valence-electron chi connectivity index (χ2n) is 6.71. The molecule has 0 saturated heterocycles. The molecule has 2 aromatic carbocycles.